The monoisotopic (exact) mass is 1040 g/mol. The molecule has 380 valence electrons. The molecular weight excluding hydrogens is 993 g/mol. The van der Waals surface area contributed by atoms with Gasteiger partial charge in [-0.1, -0.05) is 255 Å². The highest BCUT2D eigenvalue weighted by Crippen LogP contribution is 2.51. The largest absolute Gasteiger partial charge is 0.456 e. The Labute approximate surface area is 473 Å². The summed E-state index contributed by atoms with van der Waals surface area (Å²) in [7, 11) is 0. The average molecular weight is 1040 g/mol. The van der Waals surface area contributed by atoms with E-state index >= 15 is 0 Å². The number of hydrogen-bond donors (Lipinski definition) is 0. The minimum atomic E-state index is 0.851. The van der Waals surface area contributed by atoms with Gasteiger partial charge in [0.25, 0.3) is 0 Å². The molecule has 0 aliphatic heterocycles. The molecule has 82 heavy (non-hydrogen) atoms. The molecule has 0 N–H and O–H groups in total. The Balaban J connectivity index is 0.861. The smallest absolute Gasteiger partial charge is 0.136 e. The second-order valence-corrected chi connectivity index (χ2v) is 21.7. The summed E-state index contributed by atoms with van der Waals surface area (Å²) < 4.78 is 13.5. The normalized spacial score (nSPS) is 11.9. The molecule has 2 aromatic heterocycles. The Morgan fingerprint density at radius 1 is 0.171 bits per heavy atom. The van der Waals surface area contributed by atoms with Gasteiger partial charge in [-0.25, -0.2) is 0 Å². The zero-order valence-electron chi connectivity index (χ0n) is 44.5. The Morgan fingerprint density at radius 3 is 1.20 bits per heavy atom. The second kappa shape index (κ2) is 18.4. The van der Waals surface area contributed by atoms with E-state index in [-0.39, 0.29) is 0 Å². The summed E-state index contributed by atoms with van der Waals surface area (Å²) in [4.78, 5) is 0. The third-order valence-electron chi connectivity index (χ3n) is 17.3. The van der Waals surface area contributed by atoms with Crippen LogP contribution in [0.25, 0.3) is 176 Å². The van der Waals surface area contributed by atoms with Gasteiger partial charge in [-0.2, -0.15) is 0 Å². The molecular formula is C80H48O2. The lowest BCUT2D eigenvalue weighted by molar-refractivity contribution is 0.668. The molecule has 2 heteroatoms. The van der Waals surface area contributed by atoms with Gasteiger partial charge in [0.15, 0.2) is 0 Å². The first kappa shape index (κ1) is 46.1. The zero-order valence-corrected chi connectivity index (χ0v) is 44.5. The summed E-state index contributed by atoms with van der Waals surface area (Å²) in [5.74, 6) is 0. The minimum Gasteiger partial charge on any atom is -0.456 e. The van der Waals surface area contributed by atoms with Crippen molar-refractivity contribution in [2.45, 2.75) is 0 Å². The van der Waals surface area contributed by atoms with Crippen molar-refractivity contribution in [3.63, 3.8) is 0 Å². The van der Waals surface area contributed by atoms with Gasteiger partial charge >= 0.3 is 0 Å². The van der Waals surface area contributed by atoms with Crippen molar-refractivity contribution in [3.05, 3.63) is 291 Å². The van der Waals surface area contributed by atoms with Gasteiger partial charge < -0.3 is 8.83 Å². The van der Waals surface area contributed by atoms with E-state index in [1.807, 2.05) is 6.07 Å². The lowest BCUT2D eigenvalue weighted by atomic mass is 9.82. The lowest BCUT2D eigenvalue weighted by Crippen LogP contribution is -1.93. The maximum atomic E-state index is 7.02. The maximum absolute atomic E-state index is 7.02. The summed E-state index contributed by atoms with van der Waals surface area (Å²) in [6.45, 7) is 0. The molecule has 0 amide bonds. The third kappa shape index (κ3) is 7.08. The molecule has 0 unspecified atom stereocenters. The van der Waals surface area contributed by atoms with Crippen LogP contribution in [0.15, 0.2) is 300 Å². The predicted octanol–water partition coefficient (Wildman–Crippen LogP) is 22.9. The van der Waals surface area contributed by atoms with Crippen LogP contribution < -0.4 is 0 Å². The van der Waals surface area contributed by atoms with E-state index in [0.717, 1.165) is 66.1 Å². The van der Waals surface area contributed by atoms with Crippen molar-refractivity contribution >= 4 is 97.7 Å². The van der Waals surface area contributed by atoms with Gasteiger partial charge in [-0.05, 0) is 168 Å². The quantitative estimate of drug-likeness (QED) is 0.149. The van der Waals surface area contributed by atoms with Crippen LogP contribution in [0.1, 0.15) is 0 Å². The van der Waals surface area contributed by atoms with Crippen LogP contribution in [0.5, 0.6) is 0 Å². The van der Waals surface area contributed by atoms with Crippen molar-refractivity contribution in [2.75, 3.05) is 0 Å². The van der Waals surface area contributed by atoms with Crippen molar-refractivity contribution < 1.29 is 8.83 Å². The number of hydrogen-bond acceptors (Lipinski definition) is 2. The molecule has 0 aliphatic carbocycles. The number of fused-ring (bicyclic) bond motifs is 11. The first-order valence-corrected chi connectivity index (χ1v) is 28.2. The van der Waals surface area contributed by atoms with Gasteiger partial charge in [0.05, 0.1) is 0 Å². The van der Waals surface area contributed by atoms with Crippen LogP contribution in [0, 0.1) is 0 Å². The summed E-state index contributed by atoms with van der Waals surface area (Å²) >= 11 is 0. The Morgan fingerprint density at radius 2 is 0.549 bits per heavy atom. The minimum absolute atomic E-state index is 0.851. The van der Waals surface area contributed by atoms with Crippen LogP contribution in [0.2, 0.25) is 0 Å². The topological polar surface area (TPSA) is 26.3 Å². The van der Waals surface area contributed by atoms with Crippen LogP contribution in [0.3, 0.4) is 0 Å². The van der Waals surface area contributed by atoms with Crippen molar-refractivity contribution in [2.24, 2.45) is 0 Å². The molecule has 2 heterocycles. The Kier molecular flexibility index (Phi) is 10.3. The first-order chi connectivity index (χ1) is 40.7. The molecule has 0 aliphatic rings. The standard InChI is InChI=1S/C80H48O2/c1-2-19-49(20-3-1)50-39-41-52(42-40-50)75-59-26-8-9-27-60(59)78(69-35-17-37-72-79(69)66-32-14-15-36-71(66)81-72)65-45-43-53(47-70(65)75)54-44-46-67-74(48-54)82-73-38-18-34-68(80(67)73)77-63-30-12-10-28-61(63)76(62-29-11-13-31-64(62)77)58-25-7-6-24-57(58)56-33-16-22-51-21-4-5-23-55(51)56/h1-48H. The first-order valence-electron chi connectivity index (χ1n) is 28.2. The fourth-order valence-electron chi connectivity index (χ4n) is 13.7. The highest BCUT2D eigenvalue weighted by Gasteiger charge is 2.24. The number of furan rings is 2. The molecule has 0 fully saturated rings. The molecule has 2 nitrogen and oxygen atoms in total. The van der Waals surface area contributed by atoms with E-state index in [2.05, 4.69) is 285 Å². The van der Waals surface area contributed by atoms with Crippen LogP contribution in [-0.4, -0.2) is 0 Å². The van der Waals surface area contributed by atoms with Gasteiger partial charge in [-0.15, -0.1) is 0 Å². The number of para-hydroxylation sites is 1. The second-order valence-electron chi connectivity index (χ2n) is 21.7. The van der Waals surface area contributed by atoms with Gasteiger partial charge in [-0.3, -0.25) is 0 Å². The summed E-state index contributed by atoms with van der Waals surface area (Å²) in [6.07, 6.45) is 0. The lowest BCUT2D eigenvalue weighted by Gasteiger charge is -2.20. The fraction of sp³-hybridized carbons (Fsp3) is 0. The highest BCUT2D eigenvalue weighted by atomic mass is 16.3. The van der Waals surface area contributed by atoms with E-state index in [1.54, 1.807) is 0 Å². The summed E-state index contributed by atoms with van der Waals surface area (Å²) in [6, 6.07) is 106. The van der Waals surface area contributed by atoms with E-state index in [1.165, 1.54) is 109 Å². The molecule has 0 saturated carbocycles. The molecule has 17 aromatic rings. The van der Waals surface area contributed by atoms with E-state index in [4.69, 9.17) is 8.83 Å². The van der Waals surface area contributed by atoms with Gasteiger partial charge in [0.2, 0.25) is 0 Å². The van der Waals surface area contributed by atoms with E-state index < -0.39 is 0 Å². The zero-order chi connectivity index (χ0) is 53.8. The van der Waals surface area contributed by atoms with Crippen LogP contribution in [0.4, 0.5) is 0 Å². The van der Waals surface area contributed by atoms with Crippen molar-refractivity contribution in [1.82, 2.24) is 0 Å². The SMILES string of the molecule is c1ccc(-c2ccc(-c3c4ccccc4c(-c4cccc5oc6ccccc6c45)c4ccc(-c5ccc6c(c5)oc5cccc(-c7c8ccccc8c(-c8ccccc8-c8cccc9ccccc89)c8ccccc78)c56)cc34)cc2)cc1. The summed E-state index contributed by atoms with van der Waals surface area (Å²) in [5, 5.41) is 16.5. The number of rotatable bonds is 7. The van der Waals surface area contributed by atoms with Gasteiger partial charge in [0.1, 0.15) is 22.3 Å². The highest BCUT2D eigenvalue weighted by molar-refractivity contribution is 6.28. The molecule has 0 saturated heterocycles. The maximum Gasteiger partial charge on any atom is 0.136 e. The van der Waals surface area contributed by atoms with Crippen molar-refractivity contribution in [1.29, 1.82) is 0 Å². The number of benzene rings is 15. The van der Waals surface area contributed by atoms with E-state index in [9.17, 15) is 0 Å². The summed E-state index contributed by atoms with van der Waals surface area (Å²) in [5.41, 5.74) is 20.0. The van der Waals surface area contributed by atoms with Crippen LogP contribution >= 0.6 is 0 Å². The van der Waals surface area contributed by atoms with Gasteiger partial charge in [0, 0.05) is 21.5 Å². The molecule has 15 aromatic carbocycles. The van der Waals surface area contributed by atoms with Crippen molar-refractivity contribution in [3.8, 4) is 77.9 Å². The van der Waals surface area contributed by atoms with E-state index in [0.29, 0.717) is 0 Å². The third-order valence-corrected chi connectivity index (χ3v) is 17.3. The fourth-order valence-corrected chi connectivity index (χ4v) is 13.7. The molecule has 0 bridgehead atoms. The molecule has 17 rings (SSSR count). The average Bonchev–Trinajstić information content (AvgIpc) is 1.75. The molecule has 0 spiro atoms. The molecule has 0 atom stereocenters. The van der Waals surface area contributed by atoms with Crippen LogP contribution in [-0.2, 0) is 0 Å². The molecule has 0 radical (unpaired) electrons. The Hall–Kier alpha value is -10.8. The predicted molar refractivity (Wildman–Crippen MR) is 347 cm³/mol. The Bertz CT molecular complexity index is 5380.